The first kappa shape index (κ1) is 17.9. The molecule has 1 saturated heterocycles. The number of hydrazone groups is 1. The molecule has 1 amide bonds. The number of esters is 1. The number of nitrogens with zero attached hydrogens (tertiary/aromatic N) is 1. The molecule has 130 valence electrons. The number of benzene rings is 1. The Balaban J connectivity index is 1.99. The van der Waals surface area contributed by atoms with Crippen LogP contribution in [0, 0.1) is 5.92 Å². The molecule has 1 aliphatic heterocycles. The predicted octanol–water partition coefficient (Wildman–Crippen LogP) is 0.505. The minimum atomic E-state index is -3.11. The molecule has 1 N–H and O–H groups in total. The van der Waals surface area contributed by atoms with Crippen molar-refractivity contribution < 1.29 is 27.5 Å². The van der Waals surface area contributed by atoms with Crippen molar-refractivity contribution in [3.8, 4) is 11.5 Å². The summed E-state index contributed by atoms with van der Waals surface area (Å²) in [5.41, 5.74) is 2.95. The lowest BCUT2D eigenvalue weighted by Crippen LogP contribution is -2.27. The van der Waals surface area contributed by atoms with E-state index in [2.05, 4.69) is 10.5 Å². The number of carbonyl (C=O) groups excluding carboxylic acids is 2. The second-order valence-corrected chi connectivity index (χ2v) is 7.57. The number of sulfone groups is 1. The average molecular weight is 354 g/mol. The van der Waals surface area contributed by atoms with E-state index in [4.69, 9.17) is 9.47 Å². The third-order valence-corrected chi connectivity index (χ3v) is 5.20. The Kier molecular flexibility index (Phi) is 5.55. The van der Waals surface area contributed by atoms with E-state index in [9.17, 15) is 18.0 Å². The molecule has 0 saturated carbocycles. The molecule has 1 aliphatic rings. The van der Waals surface area contributed by atoms with Gasteiger partial charge in [-0.1, -0.05) is 0 Å². The summed E-state index contributed by atoms with van der Waals surface area (Å²) in [4.78, 5) is 22.8. The van der Waals surface area contributed by atoms with Gasteiger partial charge < -0.3 is 9.47 Å². The second kappa shape index (κ2) is 7.43. The van der Waals surface area contributed by atoms with Gasteiger partial charge in [0, 0.05) is 6.92 Å². The summed E-state index contributed by atoms with van der Waals surface area (Å²) in [6.07, 6.45) is 1.70. The highest BCUT2D eigenvalue weighted by Gasteiger charge is 2.32. The van der Waals surface area contributed by atoms with Gasteiger partial charge >= 0.3 is 5.97 Å². The number of amides is 1. The van der Waals surface area contributed by atoms with Crippen LogP contribution in [-0.2, 0) is 19.4 Å². The SMILES string of the molecule is COc1cc(/C=N\NC(=O)[C@H]2CCS(=O)(=O)C2)ccc1OC(C)=O. The Morgan fingerprint density at radius 2 is 2.08 bits per heavy atom. The highest BCUT2D eigenvalue weighted by molar-refractivity contribution is 7.91. The lowest BCUT2D eigenvalue weighted by atomic mass is 10.1. The maximum atomic E-state index is 11.9. The quantitative estimate of drug-likeness (QED) is 0.357. The molecule has 0 radical (unpaired) electrons. The average Bonchev–Trinajstić information content (AvgIpc) is 2.88. The van der Waals surface area contributed by atoms with E-state index in [1.54, 1.807) is 18.2 Å². The first-order chi connectivity index (χ1) is 11.3. The van der Waals surface area contributed by atoms with Crippen LogP contribution in [0.25, 0.3) is 0 Å². The van der Waals surface area contributed by atoms with Gasteiger partial charge in [-0.05, 0) is 30.2 Å². The molecule has 0 bridgehead atoms. The fourth-order valence-corrected chi connectivity index (χ4v) is 4.01. The molecular formula is C15H18N2O6S. The number of methoxy groups -OCH3 is 1. The van der Waals surface area contributed by atoms with E-state index in [-0.39, 0.29) is 17.3 Å². The molecule has 1 fully saturated rings. The van der Waals surface area contributed by atoms with Crippen molar-refractivity contribution in [2.45, 2.75) is 13.3 Å². The van der Waals surface area contributed by atoms with Gasteiger partial charge in [0.1, 0.15) is 0 Å². The third-order valence-electron chi connectivity index (χ3n) is 3.43. The minimum Gasteiger partial charge on any atom is -0.493 e. The summed E-state index contributed by atoms with van der Waals surface area (Å²) in [6.45, 7) is 1.29. The number of hydrogen-bond acceptors (Lipinski definition) is 7. The van der Waals surface area contributed by atoms with Crippen molar-refractivity contribution in [3.63, 3.8) is 0 Å². The van der Waals surface area contributed by atoms with Gasteiger partial charge in [-0.25, -0.2) is 13.8 Å². The smallest absolute Gasteiger partial charge is 0.308 e. The summed E-state index contributed by atoms with van der Waals surface area (Å²) < 4.78 is 32.8. The summed E-state index contributed by atoms with van der Waals surface area (Å²) in [5, 5.41) is 3.82. The van der Waals surface area contributed by atoms with E-state index in [0.717, 1.165) is 0 Å². The molecule has 0 aromatic heterocycles. The predicted molar refractivity (Wildman–Crippen MR) is 86.8 cm³/mol. The minimum absolute atomic E-state index is 0.0314. The first-order valence-electron chi connectivity index (χ1n) is 7.20. The Morgan fingerprint density at radius 1 is 1.33 bits per heavy atom. The summed E-state index contributed by atoms with van der Waals surface area (Å²) in [6, 6.07) is 4.78. The van der Waals surface area contributed by atoms with Gasteiger partial charge in [0.25, 0.3) is 0 Å². The van der Waals surface area contributed by atoms with Gasteiger partial charge in [0.15, 0.2) is 21.3 Å². The number of rotatable bonds is 5. The fraction of sp³-hybridized carbons (Fsp3) is 0.400. The molecule has 0 unspecified atom stereocenters. The summed E-state index contributed by atoms with van der Waals surface area (Å²) in [5.74, 6) is -0.926. The van der Waals surface area contributed by atoms with Crippen LogP contribution in [0.15, 0.2) is 23.3 Å². The molecule has 9 heteroatoms. The van der Waals surface area contributed by atoms with E-state index in [1.165, 1.54) is 20.2 Å². The second-order valence-electron chi connectivity index (χ2n) is 5.34. The van der Waals surface area contributed by atoms with Crippen LogP contribution in [0.2, 0.25) is 0 Å². The lowest BCUT2D eigenvalue weighted by molar-refractivity contribution is -0.132. The molecule has 1 aromatic rings. The van der Waals surface area contributed by atoms with Crippen molar-refractivity contribution in [2.75, 3.05) is 18.6 Å². The van der Waals surface area contributed by atoms with Crippen LogP contribution in [0.5, 0.6) is 11.5 Å². The lowest BCUT2D eigenvalue weighted by Gasteiger charge is -2.08. The Bertz CT molecular complexity index is 772. The molecule has 8 nitrogen and oxygen atoms in total. The Hall–Kier alpha value is -2.42. The van der Waals surface area contributed by atoms with E-state index in [0.29, 0.717) is 17.7 Å². The van der Waals surface area contributed by atoms with Crippen LogP contribution in [0.3, 0.4) is 0 Å². The molecule has 0 spiro atoms. The van der Waals surface area contributed by atoms with Crippen molar-refractivity contribution in [3.05, 3.63) is 23.8 Å². The van der Waals surface area contributed by atoms with Gasteiger partial charge in [-0.15, -0.1) is 0 Å². The molecule has 1 aromatic carbocycles. The molecule has 0 aliphatic carbocycles. The van der Waals surface area contributed by atoms with Crippen molar-refractivity contribution in [2.24, 2.45) is 11.0 Å². The summed E-state index contributed by atoms with van der Waals surface area (Å²) >= 11 is 0. The number of hydrogen-bond donors (Lipinski definition) is 1. The number of carbonyl (C=O) groups is 2. The maximum absolute atomic E-state index is 11.9. The van der Waals surface area contributed by atoms with E-state index in [1.807, 2.05) is 0 Å². The van der Waals surface area contributed by atoms with Gasteiger partial charge in [0.2, 0.25) is 5.91 Å². The third kappa shape index (κ3) is 4.79. The van der Waals surface area contributed by atoms with Crippen LogP contribution < -0.4 is 14.9 Å². The van der Waals surface area contributed by atoms with Crippen molar-refractivity contribution in [1.29, 1.82) is 0 Å². The maximum Gasteiger partial charge on any atom is 0.308 e. The van der Waals surface area contributed by atoms with Crippen molar-refractivity contribution in [1.82, 2.24) is 5.43 Å². The van der Waals surface area contributed by atoms with E-state index >= 15 is 0 Å². The fourth-order valence-electron chi connectivity index (χ4n) is 2.27. The van der Waals surface area contributed by atoms with Gasteiger partial charge in [-0.2, -0.15) is 5.10 Å². The van der Waals surface area contributed by atoms with Crippen LogP contribution in [0.4, 0.5) is 0 Å². The zero-order valence-electron chi connectivity index (χ0n) is 13.3. The molecular weight excluding hydrogens is 336 g/mol. The summed E-state index contributed by atoms with van der Waals surface area (Å²) in [7, 11) is -1.68. The van der Waals surface area contributed by atoms with Crippen LogP contribution in [-0.4, -0.2) is 45.1 Å². The largest absolute Gasteiger partial charge is 0.493 e. The normalized spacial score (nSPS) is 19.2. The zero-order chi connectivity index (χ0) is 17.7. The molecule has 2 rings (SSSR count). The number of ether oxygens (including phenoxy) is 2. The monoisotopic (exact) mass is 354 g/mol. The standard InChI is InChI=1S/C15H18N2O6S/c1-10(18)23-13-4-3-11(7-14(13)22-2)8-16-17-15(19)12-5-6-24(20,21)9-12/h3-4,7-8,12H,5-6,9H2,1-2H3,(H,17,19)/b16-8-/t12-/m0/s1. The van der Waals surface area contributed by atoms with E-state index < -0.39 is 27.6 Å². The molecule has 1 heterocycles. The molecule has 24 heavy (non-hydrogen) atoms. The van der Waals surface area contributed by atoms with Gasteiger partial charge in [0.05, 0.1) is 30.7 Å². The zero-order valence-corrected chi connectivity index (χ0v) is 14.1. The highest BCUT2D eigenvalue weighted by atomic mass is 32.2. The number of nitrogens with one attached hydrogen (secondary N) is 1. The van der Waals surface area contributed by atoms with Crippen molar-refractivity contribution >= 4 is 27.9 Å². The highest BCUT2D eigenvalue weighted by Crippen LogP contribution is 2.27. The topological polar surface area (TPSA) is 111 Å². The Morgan fingerprint density at radius 3 is 2.67 bits per heavy atom. The first-order valence-corrected chi connectivity index (χ1v) is 9.02. The van der Waals surface area contributed by atoms with Gasteiger partial charge in [-0.3, -0.25) is 9.59 Å². The van der Waals surface area contributed by atoms with Crippen LogP contribution in [0.1, 0.15) is 18.9 Å². The Labute approximate surface area is 139 Å². The molecule has 1 atom stereocenters. The van der Waals surface area contributed by atoms with Crippen LogP contribution >= 0.6 is 0 Å².